The summed E-state index contributed by atoms with van der Waals surface area (Å²) in [5, 5.41) is 20.0. The molecule has 2 rings (SSSR count). The number of ether oxygens (including phenoxy) is 1. The molecule has 1 atom stereocenters. The molecule has 1 aromatic carbocycles. The predicted molar refractivity (Wildman–Crippen MR) is 74.2 cm³/mol. The SMILES string of the molecule is COc1c(F)cc(S(=O)(=O)N2CCC[C@H]2C(=O)O)cc1[N+](=O)[O-]. The lowest BCUT2D eigenvalue weighted by Crippen LogP contribution is -2.40. The van der Waals surface area contributed by atoms with Crippen LogP contribution in [-0.4, -0.2) is 48.4 Å². The summed E-state index contributed by atoms with van der Waals surface area (Å²) in [7, 11) is -3.37. The summed E-state index contributed by atoms with van der Waals surface area (Å²) in [5.41, 5.74) is -0.850. The van der Waals surface area contributed by atoms with Gasteiger partial charge in [-0.25, -0.2) is 12.8 Å². The second-order valence-corrected chi connectivity index (χ2v) is 6.72. The van der Waals surface area contributed by atoms with Crippen LogP contribution in [0.3, 0.4) is 0 Å². The maximum Gasteiger partial charge on any atom is 0.322 e. The number of hydrogen-bond donors (Lipinski definition) is 1. The molecule has 23 heavy (non-hydrogen) atoms. The van der Waals surface area contributed by atoms with Crippen molar-refractivity contribution in [1.82, 2.24) is 4.31 Å². The highest BCUT2D eigenvalue weighted by molar-refractivity contribution is 7.89. The van der Waals surface area contributed by atoms with E-state index in [0.717, 1.165) is 7.11 Å². The molecule has 1 aliphatic heterocycles. The largest absolute Gasteiger partial charge is 0.488 e. The van der Waals surface area contributed by atoms with Gasteiger partial charge in [0.15, 0.2) is 5.82 Å². The number of methoxy groups -OCH3 is 1. The number of carbonyl (C=O) groups is 1. The van der Waals surface area contributed by atoms with Crippen molar-refractivity contribution in [2.24, 2.45) is 0 Å². The Bertz CT molecular complexity index is 765. The summed E-state index contributed by atoms with van der Waals surface area (Å²) in [6.07, 6.45) is 0.451. The first-order valence-corrected chi connectivity index (χ1v) is 7.90. The molecule has 1 saturated heterocycles. The van der Waals surface area contributed by atoms with E-state index >= 15 is 0 Å². The van der Waals surface area contributed by atoms with Gasteiger partial charge in [-0.05, 0) is 18.9 Å². The number of carboxylic acid groups (broad SMARTS) is 1. The predicted octanol–water partition coefficient (Wildman–Crippen LogP) is 0.980. The number of sulfonamides is 1. The summed E-state index contributed by atoms with van der Waals surface area (Å²) < 4.78 is 44.2. The number of aliphatic carboxylic acids is 1. The number of nitrogens with zero attached hydrogens (tertiary/aromatic N) is 2. The van der Waals surface area contributed by atoms with Crippen LogP contribution in [0.1, 0.15) is 12.8 Å². The van der Waals surface area contributed by atoms with E-state index in [0.29, 0.717) is 22.9 Å². The van der Waals surface area contributed by atoms with Gasteiger partial charge in [0.2, 0.25) is 15.8 Å². The Balaban J connectivity index is 2.57. The number of halogens is 1. The Kier molecular flexibility index (Phi) is 4.52. The third kappa shape index (κ3) is 2.97. The van der Waals surface area contributed by atoms with Gasteiger partial charge in [-0.1, -0.05) is 0 Å². The van der Waals surface area contributed by atoms with Gasteiger partial charge in [0.1, 0.15) is 6.04 Å². The molecule has 126 valence electrons. The van der Waals surface area contributed by atoms with Crippen molar-refractivity contribution in [1.29, 1.82) is 0 Å². The first-order chi connectivity index (χ1) is 10.7. The quantitative estimate of drug-likeness (QED) is 0.620. The van der Waals surface area contributed by atoms with Crippen LogP contribution in [0.4, 0.5) is 10.1 Å². The summed E-state index contributed by atoms with van der Waals surface area (Å²) in [6, 6.07) is -0.0309. The van der Waals surface area contributed by atoms with Crippen molar-refractivity contribution in [3.63, 3.8) is 0 Å². The zero-order valence-electron chi connectivity index (χ0n) is 11.9. The zero-order chi connectivity index (χ0) is 17.4. The van der Waals surface area contributed by atoms with Gasteiger partial charge < -0.3 is 9.84 Å². The van der Waals surface area contributed by atoms with Crippen molar-refractivity contribution in [3.8, 4) is 5.75 Å². The lowest BCUT2D eigenvalue weighted by molar-refractivity contribution is -0.386. The van der Waals surface area contributed by atoms with Crippen LogP contribution in [0.5, 0.6) is 5.75 Å². The maximum atomic E-state index is 13.9. The minimum Gasteiger partial charge on any atom is -0.488 e. The van der Waals surface area contributed by atoms with Crippen molar-refractivity contribution >= 4 is 21.7 Å². The van der Waals surface area contributed by atoms with Crippen molar-refractivity contribution in [3.05, 3.63) is 28.1 Å². The number of hydrogen-bond acceptors (Lipinski definition) is 6. The van der Waals surface area contributed by atoms with Crippen LogP contribution in [0.2, 0.25) is 0 Å². The second-order valence-electron chi connectivity index (χ2n) is 4.83. The van der Waals surface area contributed by atoms with Crippen LogP contribution < -0.4 is 4.74 Å². The molecule has 1 aliphatic rings. The lowest BCUT2D eigenvalue weighted by Gasteiger charge is -2.21. The molecule has 1 aromatic rings. The van der Waals surface area contributed by atoms with Crippen molar-refractivity contribution in [2.45, 2.75) is 23.8 Å². The molecule has 0 unspecified atom stereocenters. The van der Waals surface area contributed by atoms with Crippen LogP contribution >= 0.6 is 0 Å². The third-order valence-electron chi connectivity index (χ3n) is 3.49. The van der Waals surface area contributed by atoms with Gasteiger partial charge in [0, 0.05) is 12.6 Å². The Morgan fingerprint density at radius 3 is 2.70 bits per heavy atom. The number of rotatable bonds is 5. The van der Waals surface area contributed by atoms with E-state index in [1.807, 2.05) is 0 Å². The smallest absolute Gasteiger partial charge is 0.322 e. The van der Waals surface area contributed by atoms with Gasteiger partial charge >= 0.3 is 11.7 Å². The minimum absolute atomic E-state index is 0.0548. The summed E-state index contributed by atoms with van der Waals surface area (Å²) in [4.78, 5) is 20.4. The van der Waals surface area contributed by atoms with Gasteiger partial charge in [-0.2, -0.15) is 4.31 Å². The number of benzene rings is 1. The van der Waals surface area contributed by atoms with E-state index in [2.05, 4.69) is 4.74 Å². The van der Waals surface area contributed by atoms with E-state index < -0.39 is 49.1 Å². The van der Waals surface area contributed by atoms with Gasteiger partial charge in [-0.15, -0.1) is 0 Å². The zero-order valence-corrected chi connectivity index (χ0v) is 12.7. The van der Waals surface area contributed by atoms with Crippen LogP contribution in [0, 0.1) is 15.9 Å². The Hall–Kier alpha value is -2.27. The topological polar surface area (TPSA) is 127 Å². The molecule has 0 aliphatic carbocycles. The molecule has 9 nitrogen and oxygen atoms in total. The van der Waals surface area contributed by atoms with Crippen molar-refractivity contribution in [2.75, 3.05) is 13.7 Å². The first kappa shape index (κ1) is 17.1. The van der Waals surface area contributed by atoms with Crippen LogP contribution in [0.15, 0.2) is 17.0 Å². The number of carboxylic acids is 1. The third-order valence-corrected chi connectivity index (χ3v) is 5.38. The van der Waals surface area contributed by atoms with E-state index in [-0.39, 0.29) is 13.0 Å². The van der Waals surface area contributed by atoms with E-state index in [9.17, 15) is 27.7 Å². The van der Waals surface area contributed by atoms with E-state index in [1.165, 1.54) is 0 Å². The molecule has 0 saturated carbocycles. The first-order valence-electron chi connectivity index (χ1n) is 6.46. The van der Waals surface area contributed by atoms with Crippen LogP contribution in [0.25, 0.3) is 0 Å². The Morgan fingerprint density at radius 2 is 2.17 bits per heavy atom. The molecule has 11 heteroatoms. The minimum atomic E-state index is -4.38. The molecular formula is C12H13FN2O7S. The van der Waals surface area contributed by atoms with E-state index in [4.69, 9.17) is 5.11 Å². The second kappa shape index (κ2) is 6.08. The lowest BCUT2D eigenvalue weighted by atomic mass is 10.2. The Morgan fingerprint density at radius 1 is 1.52 bits per heavy atom. The number of nitro groups is 1. The average molecular weight is 348 g/mol. The molecule has 0 aromatic heterocycles. The maximum absolute atomic E-state index is 13.9. The number of nitro benzene ring substituents is 1. The van der Waals surface area contributed by atoms with E-state index in [1.54, 1.807) is 0 Å². The van der Waals surface area contributed by atoms with Crippen LogP contribution in [-0.2, 0) is 14.8 Å². The average Bonchev–Trinajstić information content (AvgIpc) is 2.96. The molecule has 0 radical (unpaired) electrons. The highest BCUT2D eigenvalue weighted by Gasteiger charge is 2.40. The molecule has 1 heterocycles. The molecule has 1 N–H and O–H groups in total. The van der Waals surface area contributed by atoms with Gasteiger partial charge in [0.05, 0.1) is 16.9 Å². The fourth-order valence-corrected chi connectivity index (χ4v) is 4.14. The molecule has 1 fully saturated rings. The normalized spacial score (nSPS) is 18.8. The summed E-state index contributed by atoms with van der Waals surface area (Å²) in [5.74, 6) is -3.23. The summed E-state index contributed by atoms with van der Waals surface area (Å²) in [6.45, 7) is -0.0548. The Labute approximate surface area is 130 Å². The molecular weight excluding hydrogens is 335 g/mol. The van der Waals surface area contributed by atoms with Gasteiger partial charge in [0.25, 0.3) is 0 Å². The standard InChI is InChI=1S/C12H13FN2O7S/c1-22-11-8(13)5-7(6-10(11)15(18)19)23(20,21)14-4-2-3-9(14)12(16)17/h5-6,9H,2-4H2,1H3,(H,16,17)/t9-/m0/s1. The van der Waals surface area contributed by atoms with Gasteiger partial charge in [-0.3, -0.25) is 14.9 Å². The molecule has 0 bridgehead atoms. The highest BCUT2D eigenvalue weighted by Crippen LogP contribution is 2.35. The fourth-order valence-electron chi connectivity index (χ4n) is 2.45. The molecule has 0 spiro atoms. The summed E-state index contributed by atoms with van der Waals surface area (Å²) >= 11 is 0. The van der Waals surface area contributed by atoms with Crippen molar-refractivity contribution < 1.29 is 32.4 Å². The fraction of sp³-hybridized carbons (Fsp3) is 0.417. The monoisotopic (exact) mass is 348 g/mol. The molecule has 0 amide bonds. The highest BCUT2D eigenvalue weighted by atomic mass is 32.2.